The molecule has 7 nitrogen and oxygen atoms in total. The van der Waals surface area contributed by atoms with Crippen LogP contribution in [0, 0.1) is 6.92 Å². The van der Waals surface area contributed by atoms with Gasteiger partial charge in [-0.15, -0.1) is 0 Å². The van der Waals surface area contributed by atoms with Gasteiger partial charge in [-0.2, -0.15) is 0 Å². The van der Waals surface area contributed by atoms with Crippen LogP contribution in [0.4, 0.5) is 5.82 Å². The first kappa shape index (κ1) is 18.3. The molecule has 1 aromatic heterocycles. The zero-order chi connectivity index (χ0) is 18.5. The van der Waals surface area contributed by atoms with Crippen molar-refractivity contribution in [2.75, 3.05) is 51.7 Å². The molecule has 1 aromatic carbocycles. The van der Waals surface area contributed by atoms with Gasteiger partial charge in [-0.3, -0.25) is 4.79 Å². The second-order valence-corrected chi connectivity index (χ2v) is 6.54. The third-order valence-electron chi connectivity index (χ3n) is 4.45. The van der Waals surface area contributed by atoms with Crippen LogP contribution >= 0.6 is 0 Å². The van der Waals surface area contributed by atoms with E-state index in [0.29, 0.717) is 23.8 Å². The number of carbonyl (C=O) groups is 1. The molecule has 1 aliphatic heterocycles. The van der Waals surface area contributed by atoms with E-state index in [-0.39, 0.29) is 12.5 Å². The van der Waals surface area contributed by atoms with Gasteiger partial charge >= 0.3 is 0 Å². The Kier molecular flexibility index (Phi) is 5.80. The SMILES string of the molecule is Cc1cc(NCCO)nc(-c2ccc(C(=O)N3CCN(C)CC3)cc2)n1. The maximum atomic E-state index is 12.6. The lowest BCUT2D eigenvalue weighted by atomic mass is 10.1. The minimum Gasteiger partial charge on any atom is -0.395 e. The number of benzene rings is 1. The molecule has 1 amide bonds. The molecule has 0 unspecified atom stereocenters. The number of hydrogen-bond acceptors (Lipinski definition) is 6. The monoisotopic (exact) mass is 355 g/mol. The van der Waals surface area contributed by atoms with Crippen LogP contribution in [0.2, 0.25) is 0 Å². The number of amides is 1. The van der Waals surface area contributed by atoms with Crippen LogP contribution in [0.3, 0.4) is 0 Å². The molecule has 7 heteroatoms. The summed E-state index contributed by atoms with van der Waals surface area (Å²) < 4.78 is 0. The third kappa shape index (κ3) is 4.36. The predicted octanol–water partition coefficient (Wildman–Crippen LogP) is 1.24. The summed E-state index contributed by atoms with van der Waals surface area (Å²) in [7, 11) is 2.07. The standard InChI is InChI=1S/C19H25N5O2/c1-14-13-17(20-7-12-25)22-18(21-14)15-3-5-16(6-4-15)19(26)24-10-8-23(2)9-11-24/h3-6,13,25H,7-12H2,1-2H3,(H,20,21,22). The summed E-state index contributed by atoms with van der Waals surface area (Å²) in [5, 5.41) is 12.0. The minimum atomic E-state index is 0.0431. The van der Waals surface area contributed by atoms with Gasteiger partial charge in [0.05, 0.1) is 6.61 Å². The average Bonchev–Trinajstić information content (AvgIpc) is 2.66. The van der Waals surface area contributed by atoms with Crippen LogP contribution in [0.15, 0.2) is 30.3 Å². The molecule has 138 valence electrons. The lowest BCUT2D eigenvalue weighted by molar-refractivity contribution is 0.0664. The Balaban J connectivity index is 1.75. The highest BCUT2D eigenvalue weighted by atomic mass is 16.3. The highest BCUT2D eigenvalue weighted by Crippen LogP contribution is 2.19. The van der Waals surface area contributed by atoms with Crippen LogP contribution in [0.25, 0.3) is 11.4 Å². The molecular formula is C19H25N5O2. The fourth-order valence-electron chi connectivity index (χ4n) is 2.93. The van der Waals surface area contributed by atoms with Crippen molar-refractivity contribution in [3.63, 3.8) is 0 Å². The summed E-state index contributed by atoms with van der Waals surface area (Å²) in [5.41, 5.74) is 2.38. The largest absolute Gasteiger partial charge is 0.395 e. The van der Waals surface area contributed by atoms with Crippen molar-refractivity contribution in [2.45, 2.75) is 6.92 Å². The molecule has 0 atom stereocenters. The summed E-state index contributed by atoms with van der Waals surface area (Å²) in [6, 6.07) is 9.28. The fraction of sp³-hybridized carbons (Fsp3) is 0.421. The number of rotatable bonds is 5. The minimum absolute atomic E-state index is 0.0431. The molecule has 2 aromatic rings. The molecule has 2 heterocycles. The van der Waals surface area contributed by atoms with E-state index in [1.54, 1.807) is 0 Å². The van der Waals surface area contributed by atoms with Gasteiger partial charge in [0, 0.05) is 55.6 Å². The second kappa shape index (κ2) is 8.25. The van der Waals surface area contributed by atoms with E-state index in [4.69, 9.17) is 5.11 Å². The zero-order valence-corrected chi connectivity index (χ0v) is 15.3. The number of nitrogens with one attached hydrogen (secondary N) is 1. The number of hydrogen-bond donors (Lipinski definition) is 2. The number of aliphatic hydroxyl groups is 1. The van der Waals surface area contributed by atoms with Crippen molar-refractivity contribution < 1.29 is 9.90 Å². The van der Waals surface area contributed by atoms with Crippen LogP contribution in [-0.2, 0) is 0 Å². The molecule has 1 saturated heterocycles. The summed E-state index contributed by atoms with van der Waals surface area (Å²) in [4.78, 5) is 25.7. The number of nitrogens with zero attached hydrogens (tertiary/aromatic N) is 4. The quantitative estimate of drug-likeness (QED) is 0.840. The van der Waals surface area contributed by atoms with Crippen LogP contribution in [-0.4, -0.2) is 77.2 Å². The normalized spacial score (nSPS) is 15.1. The van der Waals surface area contributed by atoms with Gasteiger partial charge in [-0.05, 0) is 26.1 Å². The smallest absolute Gasteiger partial charge is 0.253 e. The van der Waals surface area contributed by atoms with Crippen molar-refractivity contribution in [3.05, 3.63) is 41.6 Å². The Hall–Kier alpha value is -2.51. The van der Waals surface area contributed by atoms with Crippen molar-refractivity contribution in [1.82, 2.24) is 19.8 Å². The Morgan fingerprint density at radius 3 is 2.50 bits per heavy atom. The number of carbonyl (C=O) groups excluding carboxylic acids is 1. The molecule has 0 saturated carbocycles. The zero-order valence-electron chi connectivity index (χ0n) is 15.3. The van der Waals surface area contributed by atoms with E-state index in [0.717, 1.165) is 37.4 Å². The summed E-state index contributed by atoms with van der Waals surface area (Å²) >= 11 is 0. The lowest BCUT2D eigenvalue weighted by Crippen LogP contribution is -2.47. The number of anilines is 1. The Morgan fingerprint density at radius 1 is 1.15 bits per heavy atom. The number of aromatic nitrogens is 2. The number of likely N-dealkylation sites (N-methyl/N-ethyl adjacent to an activating group) is 1. The predicted molar refractivity (Wildman–Crippen MR) is 101 cm³/mol. The summed E-state index contributed by atoms with van der Waals surface area (Å²) in [6.07, 6.45) is 0. The molecule has 0 bridgehead atoms. The van der Waals surface area contributed by atoms with Crippen molar-refractivity contribution in [2.24, 2.45) is 0 Å². The highest BCUT2D eigenvalue weighted by Gasteiger charge is 2.20. The van der Waals surface area contributed by atoms with Gasteiger partial charge in [0.25, 0.3) is 5.91 Å². The van der Waals surface area contributed by atoms with Gasteiger partial charge in [-0.25, -0.2) is 9.97 Å². The molecule has 0 aliphatic carbocycles. The van der Waals surface area contributed by atoms with E-state index in [9.17, 15) is 4.79 Å². The molecule has 0 radical (unpaired) electrons. The first-order valence-corrected chi connectivity index (χ1v) is 8.85. The maximum Gasteiger partial charge on any atom is 0.253 e. The topological polar surface area (TPSA) is 81.6 Å². The Morgan fingerprint density at radius 2 is 1.85 bits per heavy atom. The molecule has 2 N–H and O–H groups in total. The molecule has 3 rings (SSSR count). The average molecular weight is 355 g/mol. The fourth-order valence-corrected chi connectivity index (χ4v) is 2.93. The van der Waals surface area contributed by atoms with Crippen LogP contribution in [0.5, 0.6) is 0 Å². The molecular weight excluding hydrogens is 330 g/mol. The first-order chi connectivity index (χ1) is 12.6. The highest BCUT2D eigenvalue weighted by molar-refractivity contribution is 5.94. The van der Waals surface area contributed by atoms with Crippen LogP contribution < -0.4 is 5.32 Å². The number of piperazine rings is 1. The van der Waals surface area contributed by atoms with Crippen molar-refractivity contribution >= 4 is 11.7 Å². The maximum absolute atomic E-state index is 12.6. The van der Waals surface area contributed by atoms with Crippen molar-refractivity contribution in [3.8, 4) is 11.4 Å². The Bertz CT molecular complexity index is 755. The molecule has 1 fully saturated rings. The lowest BCUT2D eigenvalue weighted by Gasteiger charge is -2.32. The number of aliphatic hydroxyl groups excluding tert-OH is 1. The number of aryl methyl sites for hydroxylation is 1. The third-order valence-corrected chi connectivity index (χ3v) is 4.45. The van der Waals surface area contributed by atoms with Gasteiger partial charge < -0.3 is 20.2 Å². The van der Waals surface area contributed by atoms with Gasteiger partial charge in [0.15, 0.2) is 5.82 Å². The first-order valence-electron chi connectivity index (χ1n) is 8.85. The van der Waals surface area contributed by atoms with Gasteiger partial charge in [-0.1, -0.05) is 12.1 Å². The van der Waals surface area contributed by atoms with Gasteiger partial charge in [0.1, 0.15) is 5.82 Å². The van der Waals surface area contributed by atoms with Crippen molar-refractivity contribution in [1.29, 1.82) is 0 Å². The van der Waals surface area contributed by atoms with Crippen LogP contribution in [0.1, 0.15) is 16.1 Å². The van der Waals surface area contributed by atoms with Gasteiger partial charge in [0.2, 0.25) is 0 Å². The van der Waals surface area contributed by atoms with E-state index in [1.165, 1.54) is 0 Å². The Labute approximate surface area is 153 Å². The molecule has 0 spiro atoms. The van der Waals surface area contributed by atoms with E-state index in [2.05, 4.69) is 27.2 Å². The van der Waals surface area contributed by atoms with E-state index >= 15 is 0 Å². The summed E-state index contributed by atoms with van der Waals surface area (Å²) in [5.74, 6) is 1.35. The van der Waals surface area contributed by atoms with E-state index in [1.807, 2.05) is 42.2 Å². The molecule has 1 aliphatic rings. The molecule has 26 heavy (non-hydrogen) atoms. The summed E-state index contributed by atoms with van der Waals surface area (Å²) in [6.45, 7) is 5.72. The second-order valence-electron chi connectivity index (χ2n) is 6.54. The van der Waals surface area contributed by atoms with E-state index < -0.39 is 0 Å².